The van der Waals surface area contributed by atoms with Crippen LogP contribution >= 0.6 is 11.3 Å². The fourth-order valence-electron chi connectivity index (χ4n) is 3.24. The predicted molar refractivity (Wildman–Crippen MR) is 108 cm³/mol. The summed E-state index contributed by atoms with van der Waals surface area (Å²) in [5.41, 5.74) is -0.578. The molecule has 0 amide bonds. The Morgan fingerprint density at radius 3 is 2.69 bits per heavy atom. The molecule has 3 aromatic rings. The summed E-state index contributed by atoms with van der Waals surface area (Å²) in [5.74, 6) is -4.63. The van der Waals surface area contributed by atoms with Gasteiger partial charge >= 0.3 is 5.97 Å². The van der Waals surface area contributed by atoms with Crippen LogP contribution in [0.2, 0.25) is 0 Å². The van der Waals surface area contributed by atoms with E-state index in [0.717, 1.165) is 30.1 Å². The maximum atomic E-state index is 15.9. The van der Waals surface area contributed by atoms with E-state index in [-0.39, 0.29) is 5.13 Å². The lowest BCUT2D eigenvalue weighted by Gasteiger charge is -2.40. The summed E-state index contributed by atoms with van der Waals surface area (Å²) in [6, 6.07) is 13.0. The quantitative estimate of drug-likeness (QED) is 0.637. The van der Waals surface area contributed by atoms with Gasteiger partial charge in [0.2, 0.25) is 5.54 Å². The molecular formula is C21H16F2N2O3S. The number of nitrogens with one attached hydrogen (secondary N) is 1. The van der Waals surface area contributed by atoms with Crippen molar-refractivity contribution in [3.8, 4) is 0 Å². The first-order chi connectivity index (χ1) is 13.9. The number of thiazole rings is 1. The Labute approximate surface area is 169 Å². The molecule has 0 saturated heterocycles. The maximum absolute atomic E-state index is 15.9. The topological polar surface area (TPSA) is 71.5 Å². The molecule has 2 aromatic carbocycles. The Hall–Kier alpha value is -3.10. The number of hydrogen-bond acceptors (Lipinski definition) is 5. The molecule has 0 aliphatic heterocycles. The van der Waals surface area contributed by atoms with Gasteiger partial charge in [-0.1, -0.05) is 47.7 Å². The first-order valence-corrected chi connectivity index (χ1v) is 9.48. The Morgan fingerprint density at radius 2 is 2.00 bits per heavy atom. The van der Waals surface area contributed by atoms with Crippen molar-refractivity contribution in [2.75, 3.05) is 12.4 Å². The second-order valence-corrected chi connectivity index (χ2v) is 7.55. The molecule has 1 aliphatic rings. The lowest BCUT2D eigenvalue weighted by molar-refractivity contribution is -0.164. The van der Waals surface area contributed by atoms with Crippen LogP contribution < -0.4 is 5.32 Å². The number of fused-ring (bicyclic) bond motifs is 1. The molecule has 1 aliphatic carbocycles. The lowest BCUT2D eigenvalue weighted by atomic mass is 9.82. The third-order valence-corrected chi connectivity index (χ3v) is 5.72. The molecule has 1 aromatic heterocycles. The number of anilines is 1. The highest BCUT2D eigenvalue weighted by Crippen LogP contribution is 2.42. The van der Waals surface area contributed by atoms with Crippen molar-refractivity contribution in [3.63, 3.8) is 0 Å². The van der Waals surface area contributed by atoms with Gasteiger partial charge in [0.1, 0.15) is 5.82 Å². The van der Waals surface area contributed by atoms with Crippen LogP contribution in [0.1, 0.15) is 5.56 Å². The van der Waals surface area contributed by atoms with Crippen LogP contribution in [0.3, 0.4) is 0 Å². The van der Waals surface area contributed by atoms with Crippen LogP contribution in [0, 0.1) is 5.82 Å². The van der Waals surface area contributed by atoms with Gasteiger partial charge in [0.05, 0.1) is 10.2 Å². The molecule has 2 unspecified atom stereocenters. The van der Waals surface area contributed by atoms with E-state index < -0.39 is 23.2 Å². The number of benzene rings is 2. The van der Waals surface area contributed by atoms with E-state index in [2.05, 4.69) is 10.3 Å². The number of rotatable bonds is 5. The highest BCUT2D eigenvalue weighted by Gasteiger charge is 2.58. The molecule has 0 fully saturated rings. The first kappa shape index (κ1) is 19.2. The maximum Gasteiger partial charge on any atom is 0.339 e. The number of aromatic nitrogens is 1. The molecule has 2 N–H and O–H groups in total. The molecule has 8 heteroatoms. The van der Waals surface area contributed by atoms with Crippen LogP contribution in [-0.2, 0) is 9.53 Å². The second kappa shape index (κ2) is 7.06. The molecule has 2 atom stereocenters. The molecule has 0 bridgehead atoms. The van der Waals surface area contributed by atoms with Crippen LogP contribution in [0.25, 0.3) is 15.8 Å². The van der Waals surface area contributed by atoms with Crippen molar-refractivity contribution in [2.24, 2.45) is 0 Å². The average Bonchev–Trinajstić information content (AvgIpc) is 3.11. The summed E-state index contributed by atoms with van der Waals surface area (Å²) in [6.07, 6.45) is 3.88. The molecule has 0 radical (unpaired) electrons. The van der Waals surface area contributed by atoms with E-state index >= 15 is 4.39 Å². The van der Waals surface area contributed by atoms with Gasteiger partial charge in [-0.2, -0.15) is 0 Å². The van der Waals surface area contributed by atoms with E-state index in [1.54, 1.807) is 24.3 Å². The predicted octanol–water partition coefficient (Wildman–Crippen LogP) is 4.64. The fraction of sp³-hybridized carbons (Fsp3) is 0.143. The Kier molecular flexibility index (Phi) is 4.68. The summed E-state index contributed by atoms with van der Waals surface area (Å²) in [5, 5.41) is 12.7. The minimum absolute atomic E-state index is 0.133. The third kappa shape index (κ3) is 3.20. The zero-order chi connectivity index (χ0) is 20.6. The Bertz CT molecular complexity index is 1150. The molecule has 1 heterocycles. The van der Waals surface area contributed by atoms with Gasteiger partial charge in [-0.25, -0.2) is 18.6 Å². The number of alkyl halides is 1. The summed E-state index contributed by atoms with van der Waals surface area (Å²) in [7, 11) is 1.10. The van der Waals surface area contributed by atoms with E-state index in [1.807, 2.05) is 6.07 Å². The SMILES string of the molecule is COC1(F)C=C(c2ccccc2)C=CC1(Nc1nc2ccc(F)cc2s1)C(=O)O. The summed E-state index contributed by atoms with van der Waals surface area (Å²) in [4.78, 5) is 16.5. The number of allylic oxidation sites excluding steroid dienone is 2. The molecular weight excluding hydrogens is 398 g/mol. The number of nitrogens with zero attached hydrogens (tertiary/aromatic N) is 1. The first-order valence-electron chi connectivity index (χ1n) is 8.66. The molecule has 29 heavy (non-hydrogen) atoms. The number of carbonyl (C=O) groups is 1. The number of methoxy groups -OCH3 is 1. The van der Waals surface area contributed by atoms with Crippen molar-refractivity contribution in [1.82, 2.24) is 4.98 Å². The average molecular weight is 414 g/mol. The van der Waals surface area contributed by atoms with Crippen molar-refractivity contribution < 1.29 is 23.4 Å². The summed E-state index contributed by atoms with van der Waals surface area (Å²) < 4.78 is 35.0. The number of hydrogen-bond donors (Lipinski definition) is 2. The standard InChI is InChI=1S/C21H16F2N2O3S/c1-28-21(23)12-14(13-5-3-2-4-6-13)9-10-20(21,18(26)27)25-19-24-16-8-7-15(22)11-17(16)29-19/h2-12H,1H3,(H,24,25)(H,26,27). The number of halogens is 2. The zero-order valence-electron chi connectivity index (χ0n) is 15.2. The van der Waals surface area contributed by atoms with Crippen molar-refractivity contribution >= 4 is 38.2 Å². The highest BCUT2D eigenvalue weighted by atomic mass is 32.1. The third-order valence-electron chi connectivity index (χ3n) is 4.79. The Morgan fingerprint density at radius 1 is 1.24 bits per heavy atom. The minimum Gasteiger partial charge on any atom is -0.479 e. The van der Waals surface area contributed by atoms with Gasteiger partial charge in [0, 0.05) is 7.11 Å². The Balaban J connectivity index is 1.78. The van der Waals surface area contributed by atoms with Crippen LogP contribution in [0.5, 0.6) is 0 Å². The molecule has 0 saturated carbocycles. The van der Waals surface area contributed by atoms with E-state index in [9.17, 15) is 14.3 Å². The van der Waals surface area contributed by atoms with Gasteiger partial charge in [0.15, 0.2) is 5.13 Å². The summed E-state index contributed by atoms with van der Waals surface area (Å²) >= 11 is 1.03. The van der Waals surface area contributed by atoms with Gasteiger partial charge < -0.3 is 15.2 Å². The number of carboxylic acid groups (broad SMARTS) is 1. The number of ether oxygens (including phenoxy) is 1. The molecule has 5 nitrogen and oxygen atoms in total. The normalized spacial score (nSPS) is 23.8. The molecule has 148 valence electrons. The van der Waals surface area contributed by atoms with Crippen molar-refractivity contribution in [1.29, 1.82) is 0 Å². The number of carboxylic acids is 1. The van der Waals surface area contributed by atoms with Crippen LogP contribution in [0.4, 0.5) is 13.9 Å². The summed E-state index contributed by atoms with van der Waals surface area (Å²) in [6.45, 7) is 0. The van der Waals surface area contributed by atoms with Crippen LogP contribution in [0.15, 0.2) is 66.8 Å². The van der Waals surface area contributed by atoms with E-state index in [1.165, 1.54) is 30.4 Å². The minimum atomic E-state index is -2.71. The molecule has 4 rings (SSSR count). The monoisotopic (exact) mass is 414 g/mol. The highest BCUT2D eigenvalue weighted by molar-refractivity contribution is 7.22. The lowest BCUT2D eigenvalue weighted by Crippen LogP contribution is -2.61. The smallest absolute Gasteiger partial charge is 0.339 e. The van der Waals surface area contributed by atoms with Crippen molar-refractivity contribution in [3.05, 3.63) is 78.1 Å². The van der Waals surface area contributed by atoms with Gasteiger partial charge in [-0.3, -0.25) is 0 Å². The van der Waals surface area contributed by atoms with Crippen molar-refractivity contribution in [2.45, 2.75) is 11.4 Å². The van der Waals surface area contributed by atoms with E-state index in [4.69, 9.17) is 4.74 Å². The van der Waals surface area contributed by atoms with Gasteiger partial charge in [-0.05, 0) is 41.5 Å². The van der Waals surface area contributed by atoms with Gasteiger partial charge in [0.25, 0.3) is 5.85 Å². The zero-order valence-corrected chi connectivity index (χ0v) is 16.0. The number of aliphatic carboxylic acids is 1. The van der Waals surface area contributed by atoms with Gasteiger partial charge in [-0.15, -0.1) is 0 Å². The van der Waals surface area contributed by atoms with Crippen LogP contribution in [-0.4, -0.2) is 34.6 Å². The molecule has 0 spiro atoms. The largest absolute Gasteiger partial charge is 0.479 e. The fourth-order valence-corrected chi connectivity index (χ4v) is 4.19. The second-order valence-electron chi connectivity index (χ2n) is 6.52. The van der Waals surface area contributed by atoms with E-state index in [0.29, 0.717) is 15.8 Å².